The van der Waals surface area contributed by atoms with Gasteiger partial charge in [0.2, 0.25) is 0 Å². The first kappa shape index (κ1) is 12.7. The fourth-order valence-electron chi connectivity index (χ4n) is 1.58. The van der Waals surface area contributed by atoms with Crippen molar-refractivity contribution in [2.24, 2.45) is 4.99 Å². The topological polar surface area (TPSA) is 41.8 Å². The predicted molar refractivity (Wildman–Crippen MR) is 76.3 cm³/mol. The normalized spacial score (nSPS) is 10.3. The highest BCUT2D eigenvalue weighted by molar-refractivity contribution is 5.86. The van der Waals surface area contributed by atoms with E-state index in [1.54, 1.807) is 37.6 Å². The summed E-state index contributed by atoms with van der Waals surface area (Å²) in [7, 11) is 1.57. The Kier molecular flexibility index (Phi) is 3.84. The SMILES string of the molecule is C#Cc1cccc(N=Cc2cc(OC)ccc2O)c1. The Morgan fingerprint density at radius 1 is 1.26 bits per heavy atom. The second-order valence-corrected chi connectivity index (χ2v) is 3.88. The lowest BCUT2D eigenvalue weighted by Crippen LogP contribution is -1.87. The van der Waals surface area contributed by atoms with Crippen LogP contribution in [0.3, 0.4) is 0 Å². The molecule has 0 heterocycles. The number of phenols is 1. The molecule has 1 N–H and O–H groups in total. The Morgan fingerprint density at radius 3 is 2.84 bits per heavy atom. The molecule has 0 aromatic heterocycles. The monoisotopic (exact) mass is 251 g/mol. The van der Waals surface area contributed by atoms with Gasteiger partial charge >= 0.3 is 0 Å². The van der Waals surface area contributed by atoms with Crippen LogP contribution >= 0.6 is 0 Å². The lowest BCUT2D eigenvalue weighted by atomic mass is 10.2. The number of rotatable bonds is 3. The maximum atomic E-state index is 9.73. The minimum atomic E-state index is 0.151. The summed E-state index contributed by atoms with van der Waals surface area (Å²) in [5, 5.41) is 9.73. The van der Waals surface area contributed by atoms with Crippen LogP contribution in [0.1, 0.15) is 11.1 Å². The maximum absolute atomic E-state index is 9.73. The number of phenolic OH excluding ortho intramolecular Hbond substituents is 1. The van der Waals surface area contributed by atoms with Crippen molar-refractivity contribution in [3.05, 3.63) is 53.6 Å². The first-order valence-corrected chi connectivity index (χ1v) is 5.70. The summed E-state index contributed by atoms with van der Waals surface area (Å²) in [4.78, 5) is 4.29. The summed E-state index contributed by atoms with van der Waals surface area (Å²) < 4.78 is 5.10. The van der Waals surface area contributed by atoms with E-state index in [-0.39, 0.29) is 5.75 Å². The van der Waals surface area contributed by atoms with E-state index in [0.717, 1.165) is 11.3 Å². The molecule has 0 radical (unpaired) electrons. The van der Waals surface area contributed by atoms with Gasteiger partial charge < -0.3 is 9.84 Å². The van der Waals surface area contributed by atoms with Crippen LogP contribution < -0.4 is 4.74 Å². The second kappa shape index (κ2) is 5.74. The van der Waals surface area contributed by atoms with Gasteiger partial charge in [-0.2, -0.15) is 0 Å². The first-order chi connectivity index (χ1) is 9.22. The van der Waals surface area contributed by atoms with Gasteiger partial charge in [-0.15, -0.1) is 6.42 Å². The molecule has 0 saturated carbocycles. The van der Waals surface area contributed by atoms with Gasteiger partial charge in [0, 0.05) is 17.3 Å². The van der Waals surface area contributed by atoms with Crippen LogP contribution in [0, 0.1) is 12.3 Å². The van der Waals surface area contributed by atoms with E-state index in [4.69, 9.17) is 11.2 Å². The van der Waals surface area contributed by atoms with Gasteiger partial charge in [-0.25, -0.2) is 0 Å². The lowest BCUT2D eigenvalue weighted by Gasteiger charge is -2.03. The summed E-state index contributed by atoms with van der Waals surface area (Å²) in [5.74, 6) is 3.37. The van der Waals surface area contributed by atoms with Gasteiger partial charge in [0.15, 0.2) is 0 Å². The van der Waals surface area contributed by atoms with E-state index in [1.807, 2.05) is 18.2 Å². The van der Waals surface area contributed by atoms with E-state index < -0.39 is 0 Å². The number of benzene rings is 2. The van der Waals surface area contributed by atoms with Crippen molar-refractivity contribution in [2.45, 2.75) is 0 Å². The lowest BCUT2D eigenvalue weighted by molar-refractivity contribution is 0.412. The predicted octanol–water partition coefficient (Wildman–Crippen LogP) is 3.13. The molecule has 0 atom stereocenters. The molecular weight excluding hydrogens is 238 g/mol. The Labute approximate surface area is 112 Å². The van der Waals surface area contributed by atoms with Gasteiger partial charge in [0.05, 0.1) is 12.8 Å². The standard InChI is InChI=1S/C16H13NO2/c1-3-12-5-4-6-14(9-12)17-11-13-10-15(19-2)7-8-16(13)18/h1,4-11,18H,2H3. The number of aromatic hydroxyl groups is 1. The molecule has 0 saturated heterocycles. The van der Waals surface area contributed by atoms with Crippen LogP contribution in [0.2, 0.25) is 0 Å². The third-order valence-corrected chi connectivity index (χ3v) is 2.60. The molecule has 0 unspecified atom stereocenters. The molecule has 2 aromatic carbocycles. The van der Waals surface area contributed by atoms with Crippen LogP contribution in [-0.2, 0) is 0 Å². The minimum absolute atomic E-state index is 0.151. The summed E-state index contributed by atoms with van der Waals surface area (Å²) in [6.45, 7) is 0. The Hall–Kier alpha value is -2.73. The van der Waals surface area contributed by atoms with Crippen LogP contribution in [-0.4, -0.2) is 18.4 Å². The van der Waals surface area contributed by atoms with E-state index in [2.05, 4.69) is 10.9 Å². The van der Waals surface area contributed by atoms with Gasteiger partial charge in [-0.3, -0.25) is 4.99 Å². The van der Waals surface area contributed by atoms with Gasteiger partial charge in [-0.1, -0.05) is 12.0 Å². The molecule has 0 amide bonds. The fraction of sp³-hybridized carbons (Fsp3) is 0.0625. The molecule has 0 aliphatic rings. The summed E-state index contributed by atoms with van der Waals surface area (Å²) in [6, 6.07) is 12.3. The number of aliphatic imine (C=N–C) groups is 1. The molecule has 2 aromatic rings. The largest absolute Gasteiger partial charge is 0.507 e. The zero-order valence-corrected chi connectivity index (χ0v) is 10.5. The van der Waals surface area contributed by atoms with Crippen LogP contribution in [0.15, 0.2) is 47.5 Å². The highest BCUT2D eigenvalue weighted by atomic mass is 16.5. The Morgan fingerprint density at radius 2 is 2.11 bits per heavy atom. The average molecular weight is 251 g/mol. The second-order valence-electron chi connectivity index (χ2n) is 3.88. The quantitative estimate of drug-likeness (QED) is 0.672. The first-order valence-electron chi connectivity index (χ1n) is 5.70. The molecular formula is C16H13NO2. The van der Waals surface area contributed by atoms with Crippen molar-refractivity contribution in [3.8, 4) is 23.8 Å². The highest BCUT2D eigenvalue weighted by Crippen LogP contribution is 2.22. The van der Waals surface area contributed by atoms with Crippen LogP contribution in [0.5, 0.6) is 11.5 Å². The van der Waals surface area contributed by atoms with Crippen molar-refractivity contribution < 1.29 is 9.84 Å². The molecule has 3 nitrogen and oxygen atoms in total. The zero-order chi connectivity index (χ0) is 13.7. The van der Waals surface area contributed by atoms with Crippen molar-refractivity contribution in [3.63, 3.8) is 0 Å². The van der Waals surface area contributed by atoms with Crippen molar-refractivity contribution in [1.82, 2.24) is 0 Å². The van der Waals surface area contributed by atoms with Crippen molar-refractivity contribution in [2.75, 3.05) is 7.11 Å². The third-order valence-electron chi connectivity index (χ3n) is 2.60. The number of methoxy groups -OCH3 is 1. The number of ether oxygens (including phenoxy) is 1. The molecule has 19 heavy (non-hydrogen) atoms. The van der Waals surface area contributed by atoms with E-state index >= 15 is 0 Å². The van der Waals surface area contributed by atoms with Gasteiger partial charge in [0.1, 0.15) is 11.5 Å². The summed E-state index contributed by atoms with van der Waals surface area (Å²) in [5.41, 5.74) is 2.09. The minimum Gasteiger partial charge on any atom is -0.507 e. The van der Waals surface area contributed by atoms with Gasteiger partial charge in [0.25, 0.3) is 0 Å². The van der Waals surface area contributed by atoms with E-state index in [0.29, 0.717) is 11.3 Å². The van der Waals surface area contributed by atoms with Gasteiger partial charge in [-0.05, 0) is 36.4 Å². The molecule has 0 aliphatic carbocycles. The van der Waals surface area contributed by atoms with E-state index in [1.165, 1.54) is 0 Å². The van der Waals surface area contributed by atoms with Crippen molar-refractivity contribution >= 4 is 11.9 Å². The molecule has 0 bridgehead atoms. The number of terminal acetylenes is 1. The molecule has 94 valence electrons. The number of hydrogen-bond donors (Lipinski definition) is 1. The van der Waals surface area contributed by atoms with Crippen LogP contribution in [0.4, 0.5) is 5.69 Å². The zero-order valence-electron chi connectivity index (χ0n) is 10.5. The highest BCUT2D eigenvalue weighted by Gasteiger charge is 2.00. The summed E-state index contributed by atoms with van der Waals surface area (Å²) >= 11 is 0. The van der Waals surface area contributed by atoms with Crippen LogP contribution in [0.25, 0.3) is 0 Å². The number of hydrogen-bond acceptors (Lipinski definition) is 3. The van der Waals surface area contributed by atoms with E-state index in [9.17, 15) is 5.11 Å². The third kappa shape index (κ3) is 3.14. The molecule has 2 rings (SSSR count). The average Bonchev–Trinajstić information content (AvgIpc) is 2.46. The summed E-state index contributed by atoms with van der Waals surface area (Å²) in [6.07, 6.45) is 6.91. The number of nitrogens with zero attached hydrogens (tertiary/aromatic N) is 1. The molecule has 0 spiro atoms. The van der Waals surface area contributed by atoms with Crippen molar-refractivity contribution in [1.29, 1.82) is 0 Å². The molecule has 0 aliphatic heterocycles. The fourth-order valence-corrected chi connectivity index (χ4v) is 1.58. The molecule has 0 fully saturated rings. The maximum Gasteiger partial charge on any atom is 0.124 e. The Balaban J connectivity index is 2.29. The molecule has 3 heteroatoms. The Bertz CT molecular complexity index is 654. The smallest absolute Gasteiger partial charge is 0.124 e.